The van der Waals surface area contributed by atoms with Gasteiger partial charge in [-0.1, -0.05) is 0 Å². The van der Waals surface area contributed by atoms with Crippen molar-refractivity contribution in [3.8, 4) is 0 Å². The average Bonchev–Trinajstić information content (AvgIpc) is 0.918. The summed E-state index contributed by atoms with van der Waals surface area (Å²) in [6.45, 7) is 0. The number of rotatable bonds is 0. The van der Waals surface area contributed by atoms with Crippen LogP contribution in [0.15, 0.2) is 0 Å². The van der Waals surface area contributed by atoms with E-state index < -0.39 is 18.9 Å². The van der Waals surface area contributed by atoms with Gasteiger partial charge in [0.1, 0.15) is 0 Å². The topological polar surface area (TPSA) is 37.3 Å². The van der Waals surface area contributed by atoms with Crippen molar-refractivity contribution in [3.05, 3.63) is 7.43 Å². The molecule has 0 aromatic carbocycles. The first-order valence-corrected chi connectivity index (χ1v) is 2.86. The molecular weight excluding hydrogens is 228 g/mol. The molecule has 3 heteroatoms. The van der Waals surface area contributed by atoms with E-state index in [0.29, 0.717) is 0 Å². The molecule has 0 atom stereocenters. The molecule has 1 N–H and O–H groups in total. The molecule has 0 aromatic heterocycles. The summed E-state index contributed by atoms with van der Waals surface area (Å²) in [5.74, 6) is 0. The summed E-state index contributed by atoms with van der Waals surface area (Å²) in [7, 11) is 0. The summed E-state index contributed by atoms with van der Waals surface area (Å²) >= 11 is -2.00. The van der Waals surface area contributed by atoms with Gasteiger partial charge < -0.3 is 7.43 Å². The van der Waals surface area contributed by atoms with E-state index in [1.54, 1.807) is 0 Å². The molecule has 2 nitrogen and oxygen atoms in total. The molecular formula is CH4O2W-. The molecule has 0 aliphatic carbocycles. The first-order chi connectivity index (χ1) is 1.41. The molecule has 0 saturated heterocycles. The Labute approximate surface area is 34.1 Å². The maximum atomic E-state index is 8.65. The third kappa shape index (κ3) is 25.6. The monoisotopic (exact) mass is 232 g/mol. The zero-order valence-electron chi connectivity index (χ0n) is 2.26. The molecule has 0 spiro atoms. The molecule has 0 heterocycles. The Bertz CT molecular complexity index is 13.5. The van der Waals surface area contributed by atoms with Gasteiger partial charge in [0.05, 0.1) is 0 Å². The van der Waals surface area contributed by atoms with Crippen LogP contribution in [0.25, 0.3) is 0 Å². The van der Waals surface area contributed by atoms with Gasteiger partial charge in [-0.05, 0) is 0 Å². The minimum absolute atomic E-state index is 0. The van der Waals surface area contributed by atoms with Crippen LogP contribution in [-0.4, -0.2) is 3.76 Å². The average molecular weight is 232 g/mol. The molecule has 0 aliphatic heterocycles. The second-order valence-electron chi connectivity index (χ2n) is 0.0745. The predicted octanol–water partition coefficient (Wildman–Crippen LogP) is -0.228. The van der Waals surface area contributed by atoms with Crippen molar-refractivity contribution < 1.29 is 26.1 Å². The molecule has 0 unspecified atom stereocenters. The van der Waals surface area contributed by atoms with Crippen molar-refractivity contribution in [1.29, 1.82) is 0 Å². The third-order valence-corrected chi connectivity index (χ3v) is 0. The van der Waals surface area contributed by atoms with E-state index in [2.05, 4.69) is 0 Å². The standard InChI is InChI=1S/CH3.H2O.O.W/h1H3;1H2;;/q-1;;;+1/p-1. The Morgan fingerprint density at radius 1 is 1.75 bits per heavy atom. The third-order valence-electron chi connectivity index (χ3n) is 0. The SMILES string of the molecule is [CH3-].[O]=[W][OH]. The Balaban J connectivity index is 0. The predicted molar refractivity (Wildman–Crippen MR) is 9.32 cm³/mol. The van der Waals surface area contributed by atoms with E-state index in [-0.39, 0.29) is 7.43 Å². The molecule has 0 rings (SSSR count). The Morgan fingerprint density at radius 3 is 1.75 bits per heavy atom. The fraction of sp³-hybridized carbons (Fsp3) is 0. The zero-order chi connectivity index (χ0) is 2.71. The number of hydrogen-bond donors (Lipinski definition) is 1. The summed E-state index contributed by atoms with van der Waals surface area (Å²) in [4.78, 5) is 0. The van der Waals surface area contributed by atoms with Crippen molar-refractivity contribution in [2.45, 2.75) is 0 Å². The molecule has 0 fully saturated rings. The van der Waals surface area contributed by atoms with Gasteiger partial charge in [-0.2, -0.15) is 0 Å². The van der Waals surface area contributed by atoms with Crippen LogP contribution in [0.1, 0.15) is 0 Å². The fourth-order valence-corrected chi connectivity index (χ4v) is 0. The van der Waals surface area contributed by atoms with Gasteiger partial charge in [-0.25, -0.2) is 0 Å². The van der Waals surface area contributed by atoms with Gasteiger partial charge >= 0.3 is 26.1 Å². The van der Waals surface area contributed by atoms with Crippen LogP contribution in [0.4, 0.5) is 0 Å². The molecule has 0 bridgehead atoms. The maximum absolute atomic E-state index is 8.65. The van der Waals surface area contributed by atoms with Crippen molar-refractivity contribution in [3.63, 3.8) is 0 Å². The second kappa shape index (κ2) is 9.85. The summed E-state index contributed by atoms with van der Waals surface area (Å²) in [6.07, 6.45) is 0. The van der Waals surface area contributed by atoms with Crippen LogP contribution in [-0.2, 0) is 22.3 Å². The van der Waals surface area contributed by atoms with Crippen LogP contribution >= 0.6 is 0 Å². The van der Waals surface area contributed by atoms with E-state index in [1.807, 2.05) is 0 Å². The van der Waals surface area contributed by atoms with Crippen LogP contribution in [0, 0.1) is 7.43 Å². The van der Waals surface area contributed by atoms with Crippen LogP contribution in [0.2, 0.25) is 0 Å². The van der Waals surface area contributed by atoms with Crippen molar-refractivity contribution in [2.75, 3.05) is 0 Å². The molecule has 0 amide bonds. The van der Waals surface area contributed by atoms with E-state index >= 15 is 0 Å². The Hall–Kier alpha value is 0.448. The first kappa shape index (κ1) is 8.82. The van der Waals surface area contributed by atoms with Gasteiger partial charge in [0.25, 0.3) is 0 Å². The van der Waals surface area contributed by atoms with Gasteiger partial charge in [0, 0.05) is 0 Å². The van der Waals surface area contributed by atoms with Gasteiger partial charge in [0.15, 0.2) is 0 Å². The summed E-state index contributed by atoms with van der Waals surface area (Å²) in [6, 6.07) is 0. The van der Waals surface area contributed by atoms with Crippen molar-refractivity contribution in [2.24, 2.45) is 0 Å². The van der Waals surface area contributed by atoms with Crippen LogP contribution < -0.4 is 0 Å². The fourth-order valence-electron chi connectivity index (χ4n) is 0. The van der Waals surface area contributed by atoms with E-state index in [0.717, 1.165) is 0 Å². The second-order valence-corrected chi connectivity index (χ2v) is 0.610. The Kier molecular flexibility index (Phi) is 21.7. The van der Waals surface area contributed by atoms with E-state index in [4.69, 9.17) is 7.16 Å². The quantitative estimate of drug-likeness (QED) is 0.585. The van der Waals surface area contributed by atoms with E-state index in [9.17, 15) is 0 Å². The summed E-state index contributed by atoms with van der Waals surface area (Å²) < 4.78 is 15.8. The molecule has 0 aromatic rings. The first-order valence-electron chi connectivity index (χ1n) is 0.349. The summed E-state index contributed by atoms with van der Waals surface area (Å²) in [5, 5.41) is 0. The van der Waals surface area contributed by atoms with Gasteiger partial charge in [-0.15, -0.1) is 0 Å². The summed E-state index contributed by atoms with van der Waals surface area (Å²) in [5.41, 5.74) is 0. The zero-order valence-corrected chi connectivity index (χ0v) is 5.20. The van der Waals surface area contributed by atoms with E-state index in [1.165, 1.54) is 0 Å². The Morgan fingerprint density at radius 2 is 1.75 bits per heavy atom. The van der Waals surface area contributed by atoms with Crippen LogP contribution in [0.3, 0.4) is 0 Å². The molecule has 4 heavy (non-hydrogen) atoms. The molecule has 0 saturated carbocycles. The molecule has 0 aliphatic rings. The van der Waals surface area contributed by atoms with Gasteiger partial charge in [-0.3, -0.25) is 0 Å². The van der Waals surface area contributed by atoms with Crippen LogP contribution in [0.5, 0.6) is 0 Å². The normalized spacial score (nSPS) is 3.25. The molecule has 27 valence electrons. The van der Waals surface area contributed by atoms with Crippen molar-refractivity contribution >= 4 is 0 Å². The van der Waals surface area contributed by atoms with Crippen molar-refractivity contribution in [1.82, 2.24) is 0 Å². The minimum atomic E-state index is -2.00. The van der Waals surface area contributed by atoms with Gasteiger partial charge in [0.2, 0.25) is 0 Å². The molecule has 0 radical (unpaired) electrons. The number of hydrogen-bond acceptors (Lipinski definition) is 1.